The van der Waals surface area contributed by atoms with E-state index in [0.717, 1.165) is 6.54 Å². The fourth-order valence-corrected chi connectivity index (χ4v) is 2.94. The van der Waals surface area contributed by atoms with Crippen LogP contribution in [-0.4, -0.2) is 12.6 Å². The molecule has 0 atom stereocenters. The van der Waals surface area contributed by atoms with Crippen molar-refractivity contribution in [2.75, 3.05) is 6.54 Å². The Labute approximate surface area is 103 Å². The van der Waals surface area contributed by atoms with E-state index in [1.165, 1.54) is 41.2 Å². The Balaban J connectivity index is 1.99. The van der Waals surface area contributed by atoms with Crippen molar-refractivity contribution in [2.24, 2.45) is 0 Å². The average molecular weight is 225 g/mol. The molecule has 1 N–H and O–H groups in total. The van der Waals surface area contributed by atoms with Crippen molar-refractivity contribution in [1.82, 2.24) is 5.32 Å². The summed E-state index contributed by atoms with van der Waals surface area (Å²) in [6.07, 6.45) is 3.56. The standard InChI is InChI=1S/C16H19N/c1-2-9-17-15-10-13-7-3-5-12-6-4-8-14(11-15)16(12)13/h3-8,15,17H,2,9-11H2,1H3. The van der Waals surface area contributed by atoms with Crippen LogP contribution in [0.4, 0.5) is 0 Å². The Morgan fingerprint density at radius 1 is 1.06 bits per heavy atom. The van der Waals surface area contributed by atoms with E-state index in [0.29, 0.717) is 6.04 Å². The Kier molecular flexibility index (Phi) is 2.86. The molecule has 0 amide bonds. The largest absolute Gasteiger partial charge is 0.313 e. The van der Waals surface area contributed by atoms with Gasteiger partial charge in [0.05, 0.1) is 0 Å². The fraction of sp³-hybridized carbons (Fsp3) is 0.375. The van der Waals surface area contributed by atoms with Gasteiger partial charge in [-0.3, -0.25) is 0 Å². The van der Waals surface area contributed by atoms with Crippen LogP contribution in [0.5, 0.6) is 0 Å². The predicted molar refractivity (Wildman–Crippen MR) is 73.4 cm³/mol. The molecule has 17 heavy (non-hydrogen) atoms. The first-order chi connectivity index (χ1) is 8.38. The minimum absolute atomic E-state index is 0.621. The first-order valence-corrected chi connectivity index (χ1v) is 6.61. The van der Waals surface area contributed by atoms with Crippen molar-refractivity contribution in [3.8, 4) is 0 Å². The lowest BCUT2D eigenvalue weighted by Crippen LogP contribution is -2.35. The van der Waals surface area contributed by atoms with Crippen LogP contribution in [0.25, 0.3) is 10.8 Å². The Bertz CT molecular complexity index is 489. The van der Waals surface area contributed by atoms with Gasteiger partial charge in [-0.15, -0.1) is 0 Å². The monoisotopic (exact) mass is 225 g/mol. The Morgan fingerprint density at radius 3 is 2.29 bits per heavy atom. The molecule has 0 unspecified atom stereocenters. The lowest BCUT2D eigenvalue weighted by molar-refractivity contribution is 0.500. The first kappa shape index (κ1) is 10.8. The van der Waals surface area contributed by atoms with Gasteiger partial charge in [0.2, 0.25) is 0 Å². The van der Waals surface area contributed by atoms with Crippen molar-refractivity contribution in [1.29, 1.82) is 0 Å². The van der Waals surface area contributed by atoms with Gasteiger partial charge in [-0.25, -0.2) is 0 Å². The molecule has 0 saturated carbocycles. The van der Waals surface area contributed by atoms with Gasteiger partial charge in [-0.05, 0) is 47.7 Å². The van der Waals surface area contributed by atoms with Crippen molar-refractivity contribution >= 4 is 10.8 Å². The number of nitrogens with one attached hydrogen (secondary N) is 1. The molecule has 1 aliphatic carbocycles. The second-order valence-corrected chi connectivity index (χ2v) is 4.99. The summed E-state index contributed by atoms with van der Waals surface area (Å²) in [5.41, 5.74) is 3.02. The molecule has 0 aromatic heterocycles. The van der Waals surface area contributed by atoms with Crippen LogP contribution in [-0.2, 0) is 12.8 Å². The third kappa shape index (κ3) is 1.96. The topological polar surface area (TPSA) is 12.0 Å². The van der Waals surface area contributed by atoms with E-state index in [2.05, 4.69) is 48.6 Å². The third-order valence-electron chi connectivity index (χ3n) is 3.69. The zero-order valence-corrected chi connectivity index (χ0v) is 10.4. The molecule has 0 radical (unpaired) electrons. The molecule has 88 valence electrons. The van der Waals surface area contributed by atoms with Crippen LogP contribution in [0.2, 0.25) is 0 Å². The van der Waals surface area contributed by atoms with E-state index >= 15 is 0 Å². The van der Waals surface area contributed by atoms with E-state index < -0.39 is 0 Å². The van der Waals surface area contributed by atoms with Crippen molar-refractivity contribution in [3.63, 3.8) is 0 Å². The average Bonchev–Trinajstić information content (AvgIpc) is 2.37. The van der Waals surface area contributed by atoms with E-state index in [1.807, 2.05) is 0 Å². The van der Waals surface area contributed by atoms with Crippen LogP contribution < -0.4 is 5.32 Å². The highest BCUT2D eigenvalue weighted by Crippen LogP contribution is 2.29. The van der Waals surface area contributed by atoms with Gasteiger partial charge in [0, 0.05) is 6.04 Å². The normalized spacial score (nSPS) is 15.4. The molecular formula is C16H19N. The second kappa shape index (κ2) is 4.50. The van der Waals surface area contributed by atoms with E-state index in [-0.39, 0.29) is 0 Å². The maximum Gasteiger partial charge on any atom is 0.0148 e. The minimum Gasteiger partial charge on any atom is -0.313 e. The highest BCUT2D eigenvalue weighted by Gasteiger charge is 2.19. The molecular weight excluding hydrogens is 206 g/mol. The summed E-state index contributed by atoms with van der Waals surface area (Å²) in [4.78, 5) is 0. The van der Waals surface area contributed by atoms with Gasteiger partial charge in [0.25, 0.3) is 0 Å². The molecule has 2 aromatic rings. The van der Waals surface area contributed by atoms with Gasteiger partial charge in [0.15, 0.2) is 0 Å². The summed E-state index contributed by atoms with van der Waals surface area (Å²) in [6, 6.07) is 14.0. The van der Waals surface area contributed by atoms with Gasteiger partial charge in [-0.2, -0.15) is 0 Å². The highest BCUT2D eigenvalue weighted by atomic mass is 14.9. The number of hydrogen-bond acceptors (Lipinski definition) is 1. The van der Waals surface area contributed by atoms with Crippen LogP contribution in [0, 0.1) is 0 Å². The third-order valence-corrected chi connectivity index (χ3v) is 3.69. The fourth-order valence-electron chi connectivity index (χ4n) is 2.94. The molecule has 0 saturated heterocycles. The number of rotatable bonds is 3. The quantitative estimate of drug-likeness (QED) is 0.845. The molecule has 2 aromatic carbocycles. The predicted octanol–water partition coefficient (Wildman–Crippen LogP) is 3.31. The van der Waals surface area contributed by atoms with Crippen molar-refractivity contribution < 1.29 is 0 Å². The van der Waals surface area contributed by atoms with Crippen LogP contribution in [0.15, 0.2) is 36.4 Å². The SMILES string of the molecule is CCCNC1Cc2cccc3cccc(c23)C1. The molecule has 0 heterocycles. The molecule has 1 nitrogen and oxygen atoms in total. The van der Waals surface area contributed by atoms with E-state index in [4.69, 9.17) is 0 Å². The lowest BCUT2D eigenvalue weighted by atomic mass is 9.86. The summed E-state index contributed by atoms with van der Waals surface area (Å²) >= 11 is 0. The smallest absolute Gasteiger partial charge is 0.0148 e. The number of hydrogen-bond donors (Lipinski definition) is 1. The first-order valence-electron chi connectivity index (χ1n) is 6.61. The summed E-state index contributed by atoms with van der Waals surface area (Å²) in [5.74, 6) is 0. The van der Waals surface area contributed by atoms with Crippen molar-refractivity contribution in [2.45, 2.75) is 32.2 Å². The van der Waals surface area contributed by atoms with Crippen molar-refractivity contribution in [3.05, 3.63) is 47.5 Å². The van der Waals surface area contributed by atoms with Gasteiger partial charge >= 0.3 is 0 Å². The van der Waals surface area contributed by atoms with E-state index in [9.17, 15) is 0 Å². The van der Waals surface area contributed by atoms with Gasteiger partial charge in [0.1, 0.15) is 0 Å². The molecule has 0 spiro atoms. The maximum absolute atomic E-state index is 3.66. The number of benzene rings is 2. The Morgan fingerprint density at radius 2 is 1.71 bits per heavy atom. The molecule has 0 fully saturated rings. The molecule has 0 bridgehead atoms. The summed E-state index contributed by atoms with van der Waals surface area (Å²) in [6.45, 7) is 3.35. The molecule has 3 rings (SSSR count). The lowest BCUT2D eigenvalue weighted by Gasteiger charge is -2.26. The zero-order chi connectivity index (χ0) is 11.7. The summed E-state index contributed by atoms with van der Waals surface area (Å²) < 4.78 is 0. The van der Waals surface area contributed by atoms with Gasteiger partial charge < -0.3 is 5.32 Å². The summed E-state index contributed by atoms with van der Waals surface area (Å²) in [5, 5.41) is 6.56. The molecule has 1 aliphatic rings. The highest BCUT2D eigenvalue weighted by molar-refractivity contribution is 5.89. The van der Waals surface area contributed by atoms with Crippen LogP contribution in [0.1, 0.15) is 24.5 Å². The minimum atomic E-state index is 0.621. The van der Waals surface area contributed by atoms with Crippen LogP contribution >= 0.6 is 0 Å². The van der Waals surface area contributed by atoms with Crippen LogP contribution in [0.3, 0.4) is 0 Å². The second-order valence-electron chi connectivity index (χ2n) is 4.99. The Hall–Kier alpha value is -1.34. The zero-order valence-electron chi connectivity index (χ0n) is 10.4. The summed E-state index contributed by atoms with van der Waals surface area (Å²) in [7, 11) is 0. The molecule has 1 heteroatoms. The maximum atomic E-state index is 3.66. The molecule has 0 aliphatic heterocycles. The van der Waals surface area contributed by atoms with Gasteiger partial charge in [-0.1, -0.05) is 43.3 Å². The van der Waals surface area contributed by atoms with E-state index in [1.54, 1.807) is 0 Å².